The fraction of sp³-hybridized carbons (Fsp3) is 0.684. The molecule has 0 N–H and O–H groups in total. The van der Waals surface area contributed by atoms with Gasteiger partial charge in [-0.2, -0.15) is 0 Å². The first kappa shape index (κ1) is 22.8. The van der Waals surface area contributed by atoms with Crippen molar-refractivity contribution < 1.29 is 8.91 Å². The highest BCUT2D eigenvalue weighted by Gasteiger charge is 2.34. The summed E-state index contributed by atoms with van der Waals surface area (Å²) in [5, 5.41) is 0.413. The van der Waals surface area contributed by atoms with Crippen LogP contribution in [-0.4, -0.2) is 33.5 Å². The van der Waals surface area contributed by atoms with Gasteiger partial charge in [0.05, 0.1) is 6.61 Å². The predicted molar refractivity (Wildman–Crippen MR) is 107 cm³/mol. The van der Waals surface area contributed by atoms with Gasteiger partial charge in [-0.05, 0) is 73.1 Å². The molecule has 0 radical (unpaired) electrons. The van der Waals surface area contributed by atoms with E-state index in [0.29, 0.717) is 35.8 Å². The molecule has 0 fully saturated rings. The van der Waals surface area contributed by atoms with Gasteiger partial charge in [0.15, 0.2) is 8.45 Å². The molecule has 0 spiro atoms. The molecule has 0 aliphatic rings. The van der Waals surface area contributed by atoms with E-state index in [4.69, 9.17) is 16.1 Å². The third-order valence-electron chi connectivity index (χ3n) is 3.86. The summed E-state index contributed by atoms with van der Waals surface area (Å²) in [6.45, 7) is 17.9. The van der Waals surface area contributed by atoms with Crippen LogP contribution in [-0.2, 0) is 11.1 Å². The quantitative estimate of drug-likeness (QED) is 0.450. The van der Waals surface area contributed by atoms with Crippen molar-refractivity contribution in [3.63, 3.8) is 0 Å². The Balaban J connectivity index is 3.12. The van der Waals surface area contributed by atoms with Crippen molar-refractivity contribution >= 4 is 20.1 Å². The number of halogens is 2. The summed E-state index contributed by atoms with van der Waals surface area (Å²) in [5.41, 5.74) is 0.815. The molecule has 0 bridgehead atoms. The Morgan fingerprint density at radius 2 is 1.36 bits per heavy atom. The molecular weight excluding hydrogens is 358 g/mol. The van der Waals surface area contributed by atoms with Crippen molar-refractivity contribution in [2.75, 3.05) is 0 Å². The normalized spacial score (nSPS) is 12.8. The summed E-state index contributed by atoms with van der Waals surface area (Å²) in [6, 6.07) is 5.90. The maximum Gasteiger partial charge on any atom is 0.189 e. The Kier molecular flexibility index (Phi) is 9.28. The SMILES string of the molecule is CC(C)N(C(C)C)P(OCc1ccc(F)cc1Cl)N(C(C)C)C(C)C. The molecule has 25 heavy (non-hydrogen) atoms. The second kappa shape index (κ2) is 10.2. The van der Waals surface area contributed by atoms with E-state index in [2.05, 4.69) is 64.7 Å². The number of nitrogens with zero attached hydrogens (tertiary/aromatic N) is 2. The van der Waals surface area contributed by atoms with Gasteiger partial charge in [0.2, 0.25) is 0 Å². The lowest BCUT2D eigenvalue weighted by molar-refractivity contribution is 0.182. The van der Waals surface area contributed by atoms with Gasteiger partial charge in [0, 0.05) is 29.2 Å². The summed E-state index contributed by atoms with van der Waals surface area (Å²) in [6.07, 6.45) is 0. The zero-order chi connectivity index (χ0) is 19.3. The van der Waals surface area contributed by atoms with Crippen molar-refractivity contribution in [2.24, 2.45) is 0 Å². The van der Waals surface area contributed by atoms with Crippen LogP contribution in [0.15, 0.2) is 18.2 Å². The van der Waals surface area contributed by atoms with Crippen molar-refractivity contribution in [1.82, 2.24) is 9.34 Å². The second-order valence-corrected chi connectivity index (χ2v) is 9.49. The minimum absolute atomic E-state index is 0.326. The number of rotatable bonds is 9. The monoisotopic (exact) mass is 390 g/mol. The highest BCUT2D eigenvalue weighted by molar-refractivity contribution is 7.47. The zero-order valence-corrected chi connectivity index (χ0v) is 18.4. The molecule has 0 aliphatic carbocycles. The molecule has 0 saturated carbocycles. The van der Waals surface area contributed by atoms with Gasteiger partial charge in [-0.15, -0.1) is 0 Å². The highest BCUT2D eigenvalue weighted by Crippen LogP contribution is 2.51. The minimum atomic E-state index is -0.975. The number of benzene rings is 1. The third-order valence-corrected chi connectivity index (χ3v) is 7.21. The van der Waals surface area contributed by atoms with Gasteiger partial charge in [-0.1, -0.05) is 17.7 Å². The van der Waals surface area contributed by atoms with E-state index in [1.54, 1.807) is 6.07 Å². The Bertz CT molecular complexity index is 504. The van der Waals surface area contributed by atoms with Gasteiger partial charge >= 0.3 is 0 Å². The molecule has 0 atom stereocenters. The molecule has 1 aromatic carbocycles. The molecule has 0 aromatic heterocycles. The molecule has 1 aromatic rings. The van der Waals surface area contributed by atoms with E-state index < -0.39 is 8.45 Å². The van der Waals surface area contributed by atoms with Crippen LogP contribution < -0.4 is 0 Å². The van der Waals surface area contributed by atoms with Gasteiger partial charge in [-0.25, -0.2) is 13.7 Å². The van der Waals surface area contributed by atoms with Crippen LogP contribution in [0.2, 0.25) is 5.02 Å². The molecule has 0 amide bonds. The number of hydrogen-bond donors (Lipinski definition) is 0. The molecule has 0 aliphatic heterocycles. The largest absolute Gasteiger partial charge is 0.326 e. The maximum atomic E-state index is 13.3. The van der Waals surface area contributed by atoms with Crippen molar-refractivity contribution in [3.8, 4) is 0 Å². The molecule has 1 rings (SSSR count). The molecule has 0 heterocycles. The molecule has 0 saturated heterocycles. The summed E-state index contributed by atoms with van der Waals surface area (Å²) < 4.78 is 24.6. The standard InChI is InChI=1S/C19H33ClFN2OP/c1-13(2)22(14(3)4)25(23(15(5)6)16(7)8)24-12-17-9-10-18(21)11-19(17)20/h9-11,13-16H,12H2,1-8H3. The summed E-state index contributed by atoms with van der Waals surface area (Å²) in [5.74, 6) is -0.326. The van der Waals surface area contributed by atoms with Crippen LogP contribution >= 0.6 is 20.1 Å². The first-order chi connectivity index (χ1) is 11.6. The molecular formula is C19H33ClFN2OP. The molecule has 144 valence electrons. The average molecular weight is 391 g/mol. The van der Waals surface area contributed by atoms with Gasteiger partial charge in [0.25, 0.3) is 0 Å². The van der Waals surface area contributed by atoms with E-state index >= 15 is 0 Å². The topological polar surface area (TPSA) is 15.7 Å². The van der Waals surface area contributed by atoms with Crippen LogP contribution in [0.4, 0.5) is 4.39 Å². The Morgan fingerprint density at radius 1 is 0.920 bits per heavy atom. The van der Waals surface area contributed by atoms with Crippen molar-refractivity contribution in [2.45, 2.75) is 86.2 Å². The summed E-state index contributed by atoms with van der Waals surface area (Å²) in [7, 11) is -0.975. The van der Waals surface area contributed by atoms with E-state index in [1.165, 1.54) is 12.1 Å². The van der Waals surface area contributed by atoms with Crippen LogP contribution in [0.5, 0.6) is 0 Å². The Morgan fingerprint density at radius 3 is 1.72 bits per heavy atom. The van der Waals surface area contributed by atoms with E-state index in [1.807, 2.05) is 0 Å². The summed E-state index contributed by atoms with van der Waals surface area (Å²) >= 11 is 6.18. The van der Waals surface area contributed by atoms with Crippen LogP contribution in [0.3, 0.4) is 0 Å². The second-order valence-electron chi connectivity index (χ2n) is 7.40. The lowest BCUT2D eigenvalue weighted by Gasteiger charge is -2.45. The predicted octanol–water partition coefficient (Wildman–Crippen LogP) is 6.46. The lowest BCUT2D eigenvalue weighted by Crippen LogP contribution is -2.43. The summed E-state index contributed by atoms with van der Waals surface area (Å²) in [4.78, 5) is 0. The fourth-order valence-corrected chi connectivity index (χ4v) is 5.56. The highest BCUT2D eigenvalue weighted by atomic mass is 35.5. The smallest absolute Gasteiger partial charge is 0.189 e. The molecule has 0 unspecified atom stereocenters. The van der Waals surface area contributed by atoms with Crippen LogP contribution in [0.25, 0.3) is 0 Å². The maximum absolute atomic E-state index is 13.3. The van der Waals surface area contributed by atoms with Gasteiger partial charge < -0.3 is 4.52 Å². The first-order valence-corrected chi connectivity index (χ1v) is 10.5. The van der Waals surface area contributed by atoms with E-state index in [9.17, 15) is 4.39 Å². The first-order valence-electron chi connectivity index (χ1n) is 8.99. The lowest BCUT2D eigenvalue weighted by atomic mass is 10.2. The van der Waals surface area contributed by atoms with Gasteiger partial charge in [0.1, 0.15) is 5.82 Å². The van der Waals surface area contributed by atoms with Crippen LogP contribution in [0, 0.1) is 5.82 Å². The average Bonchev–Trinajstić information content (AvgIpc) is 2.44. The van der Waals surface area contributed by atoms with Crippen molar-refractivity contribution in [1.29, 1.82) is 0 Å². The van der Waals surface area contributed by atoms with E-state index in [0.717, 1.165) is 5.56 Å². The number of hydrogen-bond acceptors (Lipinski definition) is 3. The molecule has 3 nitrogen and oxygen atoms in total. The van der Waals surface area contributed by atoms with E-state index in [-0.39, 0.29) is 5.82 Å². The third kappa shape index (κ3) is 6.45. The van der Waals surface area contributed by atoms with Crippen molar-refractivity contribution in [3.05, 3.63) is 34.6 Å². The minimum Gasteiger partial charge on any atom is -0.326 e. The molecule has 6 heteroatoms. The Labute approximate surface area is 159 Å². The van der Waals surface area contributed by atoms with Crippen LogP contribution in [0.1, 0.15) is 61.0 Å². The fourth-order valence-electron chi connectivity index (χ4n) is 3.00. The zero-order valence-electron chi connectivity index (χ0n) is 16.8. The Hall–Kier alpha value is -0.250. The van der Waals surface area contributed by atoms with Gasteiger partial charge in [-0.3, -0.25) is 0 Å².